The van der Waals surface area contributed by atoms with Gasteiger partial charge in [-0.1, -0.05) is 38.8 Å². The Kier molecular flexibility index (Phi) is 6.17. The van der Waals surface area contributed by atoms with Gasteiger partial charge in [0, 0.05) is 6.54 Å². The molecule has 0 aliphatic rings. The monoisotopic (exact) mass is 218 g/mol. The van der Waals surface area contributed by atoms with Crippen molar-refractivity contribution in [1.29, 1.82) is 0 Å². The summed E-state index contributed by atoms with van der Waals surface area (Å²) in [5.74, 6) is 0. The second-order valence-corrected chi connectivity index (χ2v) is 4.45. The molecule has 0 atom stereocenters. The van der Waals surface area contributed by atoms with Gasteiger partial charge in [0.05, 0.1) is 0 Å². The molecule has 0 aliphatic carbocycles. The normalized spacial score (nSPS) is 10.7. The minimum atomic E-state index is 0.646. The predicted molar refractivity (Wildman–Crippen MR) is 70.4 cm³/mol. The smallest absolute Gasteiger partial charge is 0.0178 e. The number of nitrogens with two attached hydrogens (primary N) is 1. The maximum Gasteiger partial charge on any atom is 0.0178 e. The summed E-state index contributed by atoms with van der Waals surface area (Å²) in [4.78, 5) is 0. The standard InChI is InChI=1S/C15H24N/c1-3-5-7-13-9-14(8-6-4-2)11-15(10-13)12-16/h10-11H,3-8,12,16H2,1-2H3. The molecule has 0 unspecified atom stereocenters. The molecule has 0 aliphatic heterocycles. The van der Waals surface area contributed by atoms with Crippen molar-refractivity contribution in [1.82, 2.24) is 0 Å². The Morgan fingerprint density at radius 3 is 1.88 bits per heavy atom. The van der Waals surface area contributed by atoms with E-state index in [1.165, 1.54) is 42.4 Å². The number of hydrogen-bond donors (Lipinski definition) is 1. The fraction of sp³-hybridized carbons (Fsp3) is 0.600. The average Bonchev–Trinajstić information content (AvgIpc) is 2.33. The first-order valence-electron chi connectivity index (χ1n) is 6.54. The quantitative estimate of drug-likeness (QED) is 0.743. The molecule has 1 nitrogen and oxygen atoms in total. The van der Waals surface area contributed by atoms with Crippen molar-refractivity contribution in [2.24, 2.45) is 5.73 Å². The van der Waals surface area contributed by atoms with Gasteiger partial charge in [-0.25, -0.2) is 0 Å². The van der Waals surface area contributed by atoms with E-state index < -0.39 is 0 Å². The van der Waals surface area contributed by atoms with Crippen LogP contribution in [-0.2, 0) is 19.4 Å². The minimum absolute atomic E-state index is 0.646. The zero-order chi connectivity index (χ0) is 11.8. The zero-order valence-electron chi connectivity index (χ0n) is 10.7. The van der Waals surface area contributed by atoms with Crippen molar-refractivity contribution in [2.75, 3.05) is 0 Å². The Morgan fingerprint density at radius 1 is 1.00 bits per heavy atom. The van der Waals surface area contributed by atoms with Crippen molar-refractivity contribution in [2.45, 2.75) is 58.9 Å². The van der Waals surface area contributed by atoms with Gasteiger partial charge in [0.15, 0.2) is 0 Å². The van der Waals surface area contributed by atoms with Gasteiger partial charge >= 0.3 is 0 Å². The van der Waals surface area contributed by atoms with E-state index in [0.29, 0.717) is 6.54 Å². The fourth-order valence-electron chi connectivity index (χ4n) is 1.89. The van der Waals surface area contributed by atoms with Crippen LogP contribution in [0.4, 0.5) is 0 Å². The zero-order valence-corrected chi connectivity index (χ0v) is 10.7. The molecule has 0 spiro atoms. The van der Waals surface area contributed by atoms with Gasteiger partial charge in [-0.2, -0.15) is 0 Å². The third-order valence-electron chi connectivity index (χ3n) is 2.88. The summed E-state index contributed by atoms with van der Waals surface area (Å²) in [6.45, 7) is 5.10. The van der Waals surface area contributed by atoms with E-state index in [1.807, 2.05) is 0 Å². The molecule has 1 aromatic carbocycles. The van der Waals surface area contributed by atoms with Crippen LogP contribution in [0.2, 0.25) is 0 Å². The Hall–Kier alpha value is -0.820. The topological polar surface area (TPSA) is 26.0 Å². The van der Waals surface area contributed by atoms with E-state index >= 15 is 0 Å². The first-order chi connectivity index (χ1) is 7.80. The van der Waals surface area contributed by atoms with Gasteiger partial charge in [0.1, 0.15) is 0 Å². The largest absolute Gasteiger partial charge is 0.326 e. The van der Waals surface area contributed by atoms with E-state index in [0.717, 1.165) is 12.8 Å². The molecule has 0 bridgehead atoms. The number of rotatable bonds is 7. The Bertz CT molecular complexity index is 278. The maximum absolute atomic E-state index is 5.73. The average molecular weight is 218 g/mol. The van der Waals surface area contributed by atoms with E-state index in [9.17, 15) is 0 Å². The van der Waals surface area contributed by atoms with Crippen molar-refractivity contribution >= 4 is 0 Å². The van der Waals surface area contributed by atoms with Crippen LogP contribution in [0.1, 0.15) is 56.2 Å². The summed E-state index contributed by atoms with van der Waals surface area (Å²) in [7, 11) is 0. The molecule has 1 rings (SSSR count). The lowest BCUT2D eigenvalue weighted by atomic mass is 9.99. The van der Waals surface area contributed by atoms with Crippen LogP contribution in [0, 0.1) is 6.07 Å². The molecule has 0 amide bonds. The highest BCUT2D eigenvalue weighted by Gasteiger charge is 2.01. The molecule has 89 valence electrons. The van der Waals surface area contributed by atoms with E-state index in [4.69, 9.17) is 5.73 Å². The van der Waals surface area contributed by atoms with Gasteiger partial charge in [-0.05, 0) is 48.4 Å². The Balaban J connectivity index is 2.74. The van der Waals surface area contributed by atoms with Gasteiger partial charge < -0.3 is 5.73 Å². The van der Waals surface area contributed by atoms with Gasteiger partial charge in [-0.15, -0.1) is 0 Å². The fourth-order valence-corrected chi connectivity index (χ4v) is 1.89. The molecule has 0 saturated carbocycles. The number of hydrogen-bond acceptors (Lipinski definition) is 1. The number of benzene rings is 1. The highest BCUT2D eigenvalue weighted by molar-refractivity contribution is 5.29. The number of aryl methyl sites for hydroxylation is 2. The first-order valence-corrected chi connectivity index (χ1v) is 6.54. The van der Waals surface area contributed by atoms with Crippen LogP contribution in [-0.4, -0.2) is 0 Å². The second kappa shape index (κ2) is 7.45. The van der Waals surface area contributed by atoms with Crippen LogP contribution in [0.3, 0.4) is 0 Å². The molecular formula is C15H24N. The van der Waals surface area contributed by atoms with Gasteiger partial charge in [0.2, 0.25) is 0 Å². The van der Waals surface area contributed by atoms with Crippen LogP contribution < -0.4 is 5.73 Å². The summed E-state index contributed by atoms with van der Waals surface area (Å²) in [5.41, 5.74) is 9.68. The van der Waals surface area contributed by atoms with Crippen molar-refractivity contribution in [3.63, 3.8) is 0 Å². The molecule has 2 N–H and O–H groups in total. The van der Waals surface area contributed by atoms with E-state index in [2.05, 4.69) is 32.0 Å². The summed E-state index contributed by atoms with van der Waals surface area (Å²) in [5, 5.41) is 0. The molecule has 1 heteroatoms. The van der Waals surface area contributed by atoms with Crippen molar-refractivity contribution < 1.29 is 0 Å². The third-order valence-corrected chi connectivity index (χ3v) is 2.88. The van der Waals surface area contributed by atoms with Crippen molar-refractivity contribution in [3.8, 4) is 0 Å². The molecule has 0 aromatic heterocycles. The highest BCUT2D eigenvalue weighted by atomic mass is 14.5. The van der Waals surface area contributed by atoms with Crippen LogP contribution >= 0.6 is 0 Å². The molecule has 1 aromatic rings. The second-order valence-electron chi connectivity index (χ2n) is 4.45. The Morgan fingerprint density at radius 2 is 1.50 bits per heavy atom. The third kappa shape index (κ3) is 4.36. The van der Waals surface area contributed by atoms with E-state index in [1.54, 1.807) is 0 Å². The molecular weight excluding hydrogens is 194 g/mol. The molecule has 1 radical (unpaired) electrons. The minimum Gasteiger partial charge on any atom is -0.326 e. The summed E-state index contributed by atoms with van der Waals surface area (Å²) < 4.78 is 0. The lowest BCUT2D eigenvalue weighted by Gasteiger charge is -2.07. The highest BCUT2D eigenvalue weighted by Crippen LogP contribution is 2.14. The Labute approximate surface area is 100 Å². The summed E-state index contributed by atoms with van der Waals surface area (Å²) >= 11 is 0. The molecule has 0 fully saturated rings. The molecule has 0 heterocycles. The molecule has 0 saturated heterocycles. The lowest BCUT2D eigenvalue weighted by molar-refractivity contribution is 0.776. The van der Waals surface area contributed by atoms with Crippen LogP contribution in [0.5, 0.6) is 0 Å². The lowest BCUT2D eigenvalue weighted by Crippen LogP contribution is -2.00. The van der Waals surface area contributed by atoms with Crippen molar-refractivity contribution in [3.05, 3.63) is 34.9 Å². The van der Waals surface area contributed by atoms with Gasteiger partial charge in [-0.3, -0.25) is 0 Å². The summed E-state index contributed by atoms with van der Waals surface area (Å²) in [6.07, 6.45) is 7.26. The predicted octanol–water partition coefficient (Wildman–Crippen LogP) is 3.63. The van der Waals surface area contributed by atoms with E-state index in [-0.39, 0.29) is 0 Å². The van der Waals surface area contributed by atoms with Gasteiger partial charge in [0.25, 0.3) is 0 Å². The maximum atomic E-state index is 5.73. The SMILES string of the molecule is CCCCc1[c]c(CCCC)cc(CN)c1. The number of unbranched alkanes of at least 4 members (excludes halogenated alkanes) is 2. The first kappa shape index (κ1) is 13.2. The molecule has 16 heavy (non-hydrogen) atoms. The summed E-state index contributed by atoms with van der Waals surface area (Å²) in [6, 6.07) is 7.96. The van der Waals surface area contributed by atoms with Crippen LogP contribution in [0.15, 0.2) is 12.1 Å². The van der Waals surface area contributed by atoms with Crippen LogP contribution in [0.25, 0.3) is 0 Å².